The fourth-order valence-corrected chi connectivity index (χ4v) is 6.58. The highest BCUT2D eigenvalue weighted by Gasteiger charge is 2.47. The molecule has 4 atom stereocenters. The monoisotopic (exact) mass is 568 g/mol. The molecule has 1 saturated heterocycles. The molecular formula is C31H32N6O3S. The minimum atomic E-state index is -0.343. The lowest BCUT2D eigenvalue weighted by molar-refractivity contribution is -0.0913. The van der Waals surface area contributed by atoms with Gasteiger partial charge in [0.15, 0.2) is 11.5 Å². The number of hydrogen-bond acceptors (Lipinski definition) is 9. The van der Waals surface area contributed by atoms with Crippen molar-refractivity contribution in [3.63, 3.8) is 0 Å². The first-order chi connectivity index (χ1) is 20.2. The van der Waals surface area contributed by atoms with Crippen LogP contribution in [-0.4, -0.2) is 43.6 Å². The van der Waals surface area contributed by atoms with Crippen LogP contribution in [-0.2, 0) is 34.0 Å². The second-order valence-electron chi connectivity index (χ2n) is 9.88. The van der Waals surface area contributed by atoms with Crippen molar-refractivity contribution in [1.82, 2.24) is 19.5 Å². The van der Waals surface area contributed by atoms with Gasteiger partial charge in [0.2, 0.25) is 5.95 Å². The summed E-state index contributed by atoms with van der Waals surface area (Å²) in [5.41, 5.74) is 16.5. The average molecular weight is 569 g/mol. The van der Waals surface area contributed by atoms with Gasteiger partial charge in [-0.3, -0.25) is 4.57 Å². The summed E-state index contributed by atoms with van der Waals surface area (Å²) in [6.45, 7) is 1.87. The number of fused-ring (bicyclic) bond motifs is 1. The van der Waals surface area contributed by atoms with E-state index in [1.807, 2.05) is 59.2 Å². The Morgan fingerprint density at radius 3 is 1.88 bits per heavy atom. The second kappa shape index (κ2) is 12.7. The third-order valence-corrected chi connectivity index (χ3v) is 8.52. The van der Waals surface area contributed by atoms with Gasteiger partial charge in [0.05, 0.1) is 38.0 Å². The van der Waals surface area contributed by atoms with Gasteiger partial charge in [0.1, 0.15) is 23.1 Å². The summed E-state index contributed by atoms with van der Waals surface area (Å²) in [5, 5.41) is -0.245. The molecule has 3 heterocycles. The van der Waals surface area contributed by atoms with E-state index in [0.717, 1.165) is 16.7 Å². The standard InChI is InChI=1S/C31H32N6O3S/c32-28-25-29(36-31(33)35-28)37(20-34-25)30-27(40-18-23-14-8-3-9-15-23)26(39-17-22-12-6-2-7-13-22)24(41-30)19-38-16-21-10-4-1-5-11-21/h1-15,20,24,26-27,30H,16-19H2,(H4,32,33,35,36)/t24-,26+,27-,30-/m0/s1. The normalized spacial score (nSPS) is 20.5. The van der Waals surface area contributed by atoms with Crippen LogP contribution in [0.4, 0.5) is 11.8 Å². The van der Waals surface area contributed by atoms with Gasteiger partial charge in [0, 0.05) is 0 Å². The summed E-state index contributed by atoms with van der Waals surface area (Å²) in [6.07, 6.45) is 1.11. The summed E-state index contributed by atoms with van der Waals surface area (Å²) in [6, 6.07) is 30.4. The number of anilines is 2. The number of hydrogen-bond donors (Lipinski definition) is 2. The predicted octanol–water partition coefficient (Wildman–Crippen LogP) is 4.99. The molecule has 210 valence electrons. The number of benzene rings is 3. The number of aromatic nitrogens is 4. The van der Waals surface area contributed by atoms with Gasteiger partial charge in [-0.05, 0) is 16.7 Å². The molecule has 0 amide bonds. The van der Waals surface area contributed by atoms with Crippen molar-refractivity contribution in [2.24, 2.45) is 0 Å². The fraction of sp³-hybridized carbons (Fsp3) is 0.258. The first-order valence-corrected chi connectivity index (χ1v) is 14.4. The molecule has 3 aromatic carbocycles. The van der Waals surface area contributed by atoms with E-state index in [1.54, 1.807) is 18.1 Å². The second-order valence-corrected chi connectivity index (χ2v) is 11.2. The number of ether oxygens (including phenoxy) is 3. The lowest BCUT2D eigenvalue weighted by atomic mass is 10.1. The number of nitrogens with zero attached hydrogens (tertiary/aromatic N) is 4. The third-order valence-electron chi connectivity index (χ3n) is 6.99. The Morgan fingerprint density at radius 2 is 1.27 bits per heavy atom. The molecule has 1 aliphatic heterocycles. The predicted molar refractivity (Wildman–Crippen MR) is 161 cm³/mol. The van der Waals surface area contributed by atoms with E-state index in [4.69, 9.17) is 25.7 Å². The molecule has 5 aromatic rings. The van der Waals surface area contributed by atoms with Crippen molar-refractivity contribution < 1.29 is 14.2 Å². The molecule has 10 heteroatoms. The van der Waals surface area contributed by atoms with E-state index in [0.29, 0.717) is 37.6 Å². The molecule has 41 heavy (non-hydrogen) atoms. The van der Waals surface area contributed by atoms with Crippen molar-refractivity contribution in [1.29, 1.82) is 0 Å². The number of nitrogens with two attached hydrogens (primary N) is 2. The zero-order chi connectivity index (χ0) is 28.0. The first-order valence-electron chi connectivity index (χ1n) is 13.5. The molecule has 0 unspecified atom stereocenters. The Morgan fingerprint density at radius 1 is 0.707 bits per heavy atom. The summed E-state index contributed by atoms with van der Waals surface area (Å²) in [4.78, 5) is 13.1. The summed E-state index contributed by atoms with van der Waals surface area (Å²) in [5.74, 6) is 0.344. The minimum absolute atomic E-state index is 0.0258. The van der Waals surface area contributed by atoms with Crippen LogP contribution in [0.15, 0.2) is 97.3 Å². The highest BCUT2D eigenvalue weighted by molar-refractivity contribution is 8.00. The lowest BCUT2D eigenvalue weighted by Crippen LogP contribution is -2.38. The molecule has 4 N–H and O–H groups in total. The van der Waals surface area contributed by atoms with Crippen LogP contribution < -0.4 is 11.5 Å². The van der Waals surface area contributed by atoms with Crippen molar-refractivity contribution in [3.05, 3.63) is 114 Å². The average Bonchev–Trinajstić information content (AvgIpc) is 3.57. The van der Waals surface area contributed by atoms with Crippen molar-refractivity contribution >= 4 is 34.7 Å². The van der Waals surface area contributed by atoms with E-state index in [-0.39, 0.29) is 34.6 Å². The van der Waals surface area contributed by atoms with Crippen molar-refractivity contribution in [3.8, 4) is 0 Å². The van der Waals surface area contributed by atoms with Gasteiger partial charge in [-0.15, -0.1) is 11.8 Å². The Kier molecular flexibility index (Phi) is 8.43. The highest BCUT2D eigenvalue weighted by atomic mass is 32.2. The van der Waals surface area contributed by atoms with Crippen LogP contribution in [0.3, 0.4) is 0 Å². The van der Waals surface area contributed by atoms with E-state index < -0.39 is 0 Å². The number of thioether (sulfide) groups is 1. The first kappa shape index (κ1) is 27.2. The smallest absolute Gasteiger partial charge is 0.224 e. The zero-order valence-electron chi connectivity index (χ0n) is 22.5. The fourth-order valence-electron chi connectivity index (χ4n) is 4.99. The molecule has 9 nitrogen and oxygen atoms in total. The summed E-state index contributed by atoms with van der Waals surface area (Å²) < 4.78 is 21.5. The largest absolute Gasteiger partial charge is 0.382 e. The summed E-state index contributed by atoms with van der Waals surface area (Å²) >= 11 is 1.72. The number of nitrogen functional groups attached to an aromatic ring is 2. The Labute approximate surface area is 242 Å². The molecule has 1 fully saturated rings. The van der Waals surface area contributed by atoms with Gasteiger partial charge in [0.25, 0.3) is 0 Å². The molecule has 2 aromatic heterocycles. The summed E-state index contributed by atoms with van der Waals surface area (Å²) in [7, 11) is 0. The topological polar surface area (TPSA) is 123 Å². The third kappa shape index (κ3) is 6.36. The van der Waals surface area contributed by atoms with Crippen LogP contribution in [0.1, 0.15) is 22.1 Å². The molecule has 6 rings (SSSR count). The van der Waals surface area contributed by atoms with E-state index in [2.05, 4.69) is 51.4 Å². The maximum Gasteiger partial charge on any atom is 0.224 e. The van der Waals surface area contributed by atoms with Crippen LogP contribution in [0.2, 0.25) is 0 Å². The van der Waals surface area contributed by atoms with E-state index in [9.17, 15) is 0 Å². The van der Waals surface area contributed by atoms with Crippen molar-refractivity contribution in [2.75, 3.05) is 18.1 Å². The van der Waals surface area contributed by atoms with Gasteiger partial charge in [-0.25, -0.2) is 4.98 Å². The minimum Gasteiger partial charge on any atom is -0.382 e. The molecule has 0 spiro atoms. The Hall–Kier alpha value is -3.96. The van der Waals surface area contributed by atoms with E-state index >= 15 is 0 Å². The molecule has 0 saturated carbocycles. The SMILES string of the molecule is Nc1nc(N)c2ncn([C@H]3S[C@@H](COCc4ccccc4)[C@@H](OCc4ccccc4)[C@@H]3OCc3ccccc3)c2n1. The van der Waals surface area contributed by atoms with Crippen LogP contribution in [0.25, 0.3) is 11.2 Å². The lowest BCUT2D eigenvalue weighted by Gasteiger charge is -2.27. The molecular weight excluding hydrogens is 536 g/mol. The Balaban J connectivity index is 1.31. The van der Waals surface area contributed by atoms with Crippen LogP contribution in [0.5, 0.6) is 0 Å². The molecule has 0 bridgehead atoms. The van der Waals surface area contributed by atoms with Crippen LogP contribution >= 0.6 is 11.8 Å². The van der Waals surface area contributed by atoms with Gasteiger partial charge < -0.3 is 25.7 Å². The highest BCUT2D eigenvalue weighted by Crippen LogP contribution is 2.47. The molecule has 0 aliphatic carbocycles. The van der Waals surface area contributed by atoms with Gasteiger partial charge in [-0.1, -0.05) is 91.0 Å². The maximum absolute atomic E-state index is 6.67. The van der Waals surface area contributed by atoms with E-state index in [1.165, 1.54) is 0 Å². The van der Waals surface area contributed by atoms with Gasteiger partial charge >= 0.3 is 0 Å². The molecule has 1 aliphatic rings. The zero-order valence-corrected chi connectivity index (χ0v) is 23.3. The number of imidazole rings is 1. The Bertz CT molecular complexity index is 1550. The maximum atomic E-state index is 6.67. The molecule has 0 radical (unpaired) electrons. The quantitative estimate of drug-likeness (QED) is 0.227. The number of rotatable bonds is 11. The van der Waals surface area contributed by atoms with Crippen LogP contribution in [0, 0.1) is 0 Å². The van der Waals surface area contributed by atoms with Gasteiger partial charge in [-0.2, -0.15) is 9.97 Å². The van der Waals surface area contributed by atoms with Crippen molar-refractivity contribution in [2.45, 2.75) is 42.7 Å².